The molecular weight excluding hydrogens is 288 g/mol. The minimum Gasteiger partial charge on any atom is -0.444 e. The van der Waals surface area contributed by atoms with E-state index >= 15 is 0 Å². The van der Waals surface area contributed by atoms with E-state index in [4.69, 9.17) is 4.74 Å². The molecular formula is C19H32N2O2. The first-order valence-corrected chi connectivity index (χ1v) is 9.30. The summed E-state index contributed by atoms with van der Waals surface area (Å²) >= 11 is 0. The van der Waals surface area contributed by atoms with Crippen LogP contribution in [0.2, 0.25) is 0 Å². The zero-order chi connectivity index (χ0) is 16.4. The average molecular weight is 320 g/mol. The van der Waals surface area contributed by atoms with Gasteiger partial charge in [-0.25, -0.2) is 4.79 Å². The predicted octanol–water partition coefficient (Wildman–Crippen LogP) is 3.62. The van der Waals surface area contributed by atoms with Crippen LogP contribution in [0.3, 0.4) is 0 Å². The summed E-state index contributed by atoms with van der Waals surface area (Å²) in [6.45, 7) is 6.87. The van der Waals surface area contributed by atoms with E-state index in [0.717, 1.165) is 43.4 Å². The van der Waals surface area contributed by atoms with Crippen LogP contribution < -0.4 is 10.6 Å². The Morgan fingerprint density at radius 1 is 1.09 bits per heavy atom. The van der Waals surface area contributed by atoms with Crippen molar-refractivity contribution >= 4 is 6.09 Å². The molecule has 0 aromatic heterocycles. The summed E-state index contributed by atoms with van der Waals surface area (Å²) in [5, 5.41) is 6.80. The Labute approximate surface area is 140 Å². The monoisotopic (exact) mass is 320 g/mol. The van der Waals surface area contributed by atoms with Crippen molar-refractivity contribution in [2.45, 2.75) is 77.0 Å². The lowest BCUT2D eigenvalue weighted by Crippen LogP contribution is -2.44. The molecule has 23 heavy (non-hydrogen) atoms. The fraction of sp³-hybridized carbons (Fsp3) is 0.842. The van der Waals surface area contributed by atoms with Gasteiger partial charge in [0.05, 0.1) is 0 Å². The summed E-state index contributed by atoms with van der Waals surface area (Å²) in [6.07, 6.45) is 11.7. The lowest BCUT2D eigenvalue weighted by atomic mass is 9.89. The highest BCUT2D eigenvalue weighted by atomic mass is 16.6. The molecule has 130 valence electrons. The van der Waals surface area contributed by atoms with Crippen molar-refractivity contribution in [3.8, 4) is 0 Å². The van der Waals surface area contributed by atoms with Crippen LogP contribution in [0.5, 0.6) is 0 Å². The maximum atomic E-state index is 11.8. The molecule has 0 aromatic carbocycles. The van der Waals surface area contributed by atoms with Crippen LogP contribution in [0.4, 0.5) is 4.79 Å². The summed E-state index contributed by atoms with van der Waals surface area (Å²) in [7, 11) is 0. The number of ether oxygens (including phenoxy) is 1. The highest BCUT2D eigenvalue weighted by Crippen LogP contribution is 2.43. The van der Waals surface area contributed by atoms with Gasteiger partial charge >= 0.3 is 6.09 Å². The van der Waals surface area contributed by atoms with Gasteiger partial charge in [0.15, 0.2) is 0 Å². The second-order valence-electron chi connectivity index (χ2n) is 8.64. The van der Waals surface area contributed by atoms with E-state index in [2.05, 4.69) is 22.8 Å². The van der Waals surface area contributed by atoms with Crippen LogP contribution in [-0.2, 0) is 4.74 Å². The van der Waals surface area contributed by atoms with Crippen molar-refractivity contribution in [3.63, 3.8) is 0 Å². The summed E-state index contributed by atoms with van der Waals surface area (Å²) in [6, 6.07) is 0.892. The first-order valence-electron chi connectivity index (χ1n) is 9.30. The Morgan fingerprint density at radius 3 is 2.35 bits per heavy atom. The molecule has 3 aliphatic rings. The van der Waals surface area contributed by atoms with Crippen LogP contribution in [0, 0.1) is 17.8 Å². The lowest BCUT2D eigenvalue weighted by Gasteiger charge is -2.31. The van der Waals surface area contributed by atoms with Crippen LogP contribution in [0.15, 0.2) is 12.2 Å². The fourth-order valence-electron chi connectivity index (χ4n) is 4.36. The third-order valence-electron chi connectivity index (χ3n) is 5.53. The Bertz CT molecular complexity index is 447. The van der Waals surface area contributed by atoms with Crippen molar-refractivity contribution in [1.82, 2.24) is 10.6 Å². The molecule has 2 saturated carbocycles. The van der Waals surface area contributed by atoms with Crippen molar-refractivity contribution in [3.05, 3.63) is 12.2 Å². The van der Waals surface area contributed by atoms with Gasteiger partial charge in [-0.3, -0.25) is 0 Å². The van der Waals surface area contributed by atoms with Gasteiger partial charge in [-0.2, -0.15) is 0 Å². The molecule has 2 fully saturated rings. The molecule has 3 atom stereocenters. The summed E-state index contributed by atoms with van der Waals surface area (Å²) < 4.78 is 5.34. The number of fused-ring (bicyclic) bond motifs is 2. The molecule has 2 bridgehead atoms. The maximum absolute atomic E-state index is 11.8. The van der Waals surface area contributed by atoms with Gasteiger partial charge in [0, 0.05) is 12.1 Å². The third-order valence-corrected chi connectivity index (χ3v) is 5.53. The molecule has 3 unspecified atom stereocenters. The molecule has 2 N–H and O–H groups in total. The van der Waals surface area contributed by atoms with Crippen LogP contribution in [0.25, 0.3) is 0 Å². The molecule has 0 radical (unpaired) electrons. The van der Waals surface area contributed by atoms with Crippen LogP contribution in [-0.4, -0.2) is 30.3 Å². The summed E-state index contributed by atoms with van der Waals surface area (Å²) in [5.41, 5.74) is -0.419. The van der Waals surface area contributed by atoms with E-state index in [1.807, 2.05) is 20.8 Å². The minimum atomic E-state index is -0.419. The molecule has 0 heterocycles. The van der Waals surface area contributed by atoms with Crippen molar-refractivity contribution in [1.29, 1.82) is 0 Å². The quantitative estimate of drug-likeness (QED) is 0.778. The molecule has 0 aromatic rings. The highest BCUT2D eigenvalue weighted by molar-refractivity contribution is 5.68. The van der Waals surface area contributed by atoms with Gasteiger partial charge in [0.1, 0.15) is 5.60 Å². The van der Waals surface area contributed by atoms with Gasteiger partial charge in [-0.1, -0.05) is 12.2 Å². The fourth-order valence-corrected chi connectivity index (χ4v) is 4.36. The van der Waals surface area contributed by atoms with Gasteiger partial charge in [-0.15, -0.1) is 0 Å². The molecule has 4 nitrogen and oxygen atoms in total. The first kappa shape index (κ1) is 16.8. The largest absolute Gasteiger partial charge is 0.444 e. The topological polar surface area (TPSA) is 50.4 Å². The Kier molecular flexibility index (Phi) is 5.00. The number of hydrogen-bond donors (Lipinski definition) is 2. The number of allylic oxidation sites excluding steroid dienone is 2. The molecule has 0 saturated heterocycles. The number of alkyl carbamates (subject to hydrolysis) is 1. The first-order chi connectivity index (χ1) is 10.9. The number of rotatable bonds is 4. The van der Waals surface area contributed by atoms with Crippen LogP contribution in [0.1, 0.15) is 59.3 Å². The molecule has 3 aliphatic carbocycles. The number of hydrogen-bond acceptors (Lipinski definition) is 3. The predicted molar refractivity (Wildman–Crippen MR) is 92.3 cm³/mol. The Morgan fingerprint density at radius 2 is 1.78 bits per heavy atom. The SMILES string of the molecule is CC(C)(C)OC(=O)NC1CCC(NCC2CC3C=CC2C3)CC1. The maximum Gasteiger partial charge on any atom is 0.407 e. The molecule has 0 spiro atoms. The van der Waals surface area contributed by atoms with Crippen molar-refractivity contribution in [2.75, 3.05) is 6.54 Å². The van der Waals surface area contributed by atoms with E-state index < -0.39 is 5.60 Å². The lowest BCUT2D eigenvalue weighted by molar-refractivity contribution is 0.0489. The second-order valence-corrected chi connectivity index (χ2v) is 8.64. The standard InChI is InChI=1S/C19H32N2O2/c1-19(2,3)23-18(22)21-17-8-6-16(7-9-17)20-12-15-11-13-4-5-14(15)10-13/h4-5,13-17,20H,6-12H2,1-3H3,(H,21,22). The molecule has 4 heteroatoms. The van der Waals surface area contributed by atoms with Gasteiger partial charge in [0.2, 0.25) is 0 Å². The number of carbonyl (C=O) groups is 1. The normalized spacial score (nSPS) is 36.2. The van der Waals surface area contributed by atoms with Gasteiger partial charge in [0.25, 0.3) is 0 Å². The van der Waals surface area contributed by atoms with E-state index in [0.29, 0.717) is 6.04 Å². The number of carbonyl (C=O) groups excluding carboxylic acids is 1. The zero-order valence-corrected chi connectivity index (χ0v) is 14.8. The van der Waals surface area contributed by atoms with E-state index in [1.165, 1.54) is 19.4 Å². The Balaban J connectivity index is 1.32. The molecule has 1 amide bonds. The summed E-state index contributed by atoms with van der Waals surface area (Å²) in [5.74, 6) is 2.54. The zero-order valence-electron chi connectivity index (χ0n) is 14.8. The van der Waals surface area contributed by atoms with Gasteiger partial charge < -0.3 is 15.4 Å². The highest BCUT2D eigenvalue weighted by Gasteiger charge is 2.35. The summed E-state index contributed by atoms with van der Waals surface area (Å²) in [4.78, 5) is 11.8. The molecule has 0 aliphatic heterocycles. The van der Waals surface area contributed by atoms with Crippen LogP contribution >= 0.6 is 0 Å². The number of nitrogens with one attached hydrogen (secondary N) is 2. The second kappa shape index (κ2) is 6.84. The number of amides is 1. The molecule has 3 rings (SSSR count). The van der Waals surface area contributed by atoms with E-state index in [-0.39, 0.29) is 12.1 Å². The van der Waals surface area contributed by atoms with Crippen molar-refractivity contribution in [2.24, 2.45) is 17.8 Å². The third kappa shape index (κ3) is 4.72. The Hall–Kier alpha value is -1.03. The smallest absolute Gasteiger partial charge is 0.407 e. The van der Waals surface area contributed by atoms with Crippen molar-refractivity contribution < 1.29 is 9.53 Å². The minimum absolute atomic E-state index is 0.272. The van der Waals surface area contributed by atoms with E-state index in [1.54, 1.807) is 0 Å². The van der Waals surface area contributed by atoms with E-state index in [9.17, 15) is 4.79 Å². The van der Waals surface area contributed by atoms with Gasteiger partial charge in [-0.05, 0) is 83.6 Å². The average Bonchev–Trinajstić information content (AvgIpc) is 3.07.